The van der Waals surface area contributed by atoms with E-state index in [1.807, 2.05) is 20.8 Å². The molecule has 0 aliphatic heterocycles. The molecule has 0 heterocycles. The van der Waals surface area contributed by atoms with Gasteiger partial charge in [0.25, 0.3) is 0 Å². The van der Waals surface area contributed by atoms with Crippen LogP contribution >= 0.6 is 0 Å². The van der Waals surface area contributed by atoms with Gasteiger partial charge >= 0.3 is 0 Å². The van der Waals surface area contributed by atoms with Crippen LogP contribution in [-0.2, 0) is 4.79 Å². The van der Waals surface area contributed by atoms with Gasteiger partial charge in [-0.3, -0.25) is 4.79 Å². The highest BCUT2D eigenvalue weighted by Gasteiger charge is 2.31. The summed E-state index contributed by atoms with van der Waals surface area (Å²) in [5.74, 6) is 0.0997. The third-order valence-corrected chi connectivity index (χ3v) is 3.69. The second kappa shape index (κ2) is 5.83. The van der Waals surface area contributed by atoms with Crippen LogP contribution in [0.1, 0.15) is 46.5 Å². The summed E-state index contributed by atoms with van der Waals surface area (Å²) in [7, 11) is 0. The average molecular weight is 242 g/mol. The Balaban J connectivity index is 2.55. The third-order valence-electron chi connectivity index (χ3n) is 3.69. The highest BCUT2D eigenvalue weighted by atomic mass is 16.3. The Morgan fingerprint density at radius 3 is 2.53 bits per heavy atom. The van der Waals surface area contributed by atoms with E-state index in [1.165, 1.54) is 0 Å². The van der Waals surface area contributed by atoms with Gasteiger partial charge in [0.1, 0.15) is 0 Å². The van der Waals surface area contributed by atoms with E-state index in [0.29, 0.717) is 0 Å². The van der Waals surface area contributed by atoms with Crippen molar-refractivity contribution < 1.29 is 9.90 Å². The first-order valence-corrected chi connectivity index (χ1v) is 6.53. The molecule has 0 aromatic carbocycles. The first-order chi connectivity index (χ1) is 7.86. The Morgan fingerprint density at radius 2 is 2.00 bits per heavy atom. The molecule has 100 valence electrons. The Labute approximate surface area is 104 Å². The van der Waals surface area contributed by atoms with Gasteiger partial charge in [0.15, 0.2) is 0 Å². The van der Waals surface area contributed by atoms with Crippen LogP contribution in [-0.4, -0.2) is 29.7 Å². The van der Waals surface area contributed by atoms with E-state index in [-0.39, 0.29) is 29.9 Å². The fourth-order valence-electron chi connectivity index (χ4n) is 2.28. The van der Waals surface area contributed by atoms with E-state index >= 15 is 0 Å². The zero-order valence-corrected chi connectivity index (χ0v) is 11.2. The number of carbonyl (C=O) groups is 1. The lowest BCUT2D eigenvalue weighted by Gasteiger charge is -2.33. The highest BCUT2D eigenvalue weighted by Crippen LogP contribution is 2.25. The molecule has 0 aromatic rings. The molecular weight excluding hydrogens is 216 g/mol. The second-order valence-electron chi connectivity index (χ2n) is 6.19. The largest absolute Gasteiger partial charge is 0.396 e. The minimum Gasteiger partial charge on any atom is -0.396 e. The Bertz CT molecular complexity index is 261. The van der Waals surface area contributed by atoms with Gasteiger partial charge in [0, 0.05) is 18.6 Å². The quantitative estimate of drug-likeness (QED) is 0.692. The number of aliphatic hydroxyl groups is 1. The van der Waals surface area contributed by atoms with Crippen LogP contribution in [0.15, 0.2) is 0 Å². The van der Waals surface area contributed by atoms with Gasteiger partial charge in [-0.1, -0.05) is 33.6 Å². The molecule has 0 spiro atoms. The summed E-state index contributed by atoms with van der Waals surface area (Å²) in [6, 6.07) is -0.404. The van der Waals surface area contributed by atoms with Crippen molar-refractivity contribution in [2.45, 2.75) is 58.5 Å². The first kappa shape index (κ1) is 14.5. The van der Waals surface area contributed by atoms with E-state index < -0.39 is 6.04 Å². The smallest absolute Gasteiger partial charge is 0.237 e. The van der Waals surface area contributed by atoms with Crippen molar-refractivity contribution in [1.29, 1.82) is 0 Å². The first-order valence-electron chi connectivity index (χ1n) is 6.53. The molecule has 1 aliphatic rings. The maximum Gasteiger partial charge on any atom is 0.237 e. The molecule has 1 saturated carbocycles. The summed E-state index contributed by atoms with van der Waals surface area (Å²) in [4.78, 5) is 12.0. The normalized spacial score (nSPS) is 27.6. The van der Waals surface area contributed by atoms with Gasteiger partial charge in [0.05, 0.1) is 6.04 Å². The summed E-state index contributed by atoms with van der Waals surface area (Å²) < 4.78 is 0. The lowest BCUT2D eigenvalue weighted by Crippen LogP contribution is -2.53. The lowest BCUT2D eigenvalue weighted by molar-refractivity contribution is -0.126. The van der Waals surface area contributed by atoms with Crippen molar-refractivity contribution in [3.05, 3.63) is 0 Å². The zero-order chi connectivity index (χ0) is 13.1. The summed E-state index contributed by atoms with van der Waals surface area (Å²) in [5.41, 5.74) is 5.70. The number of hydrogen-bond donors (Lipinski definition) is 3. The van der Waals surface area contributed by atoms with Crippen LogP contribution in [0, 0.1) is 11.3 Å². The number of rotatable bonds is 3. The number of aliphatic hydroxyl groups excluding tert-OH is 1. The minimum absolute atomic E-state index is 0.0923. The van der Waals surface area contributed by atoms with Crippen molar-refractivity contribution in [3.8, 4) is 0 Å². The number of carbonyl (C=O) groups excluding carboxylic acids is 1. The Kier molecular flexibility index (Phi) is 4.95. The van der Waals surface area contributed by atoms with Crippen LogP contribution in [0.3, 0.4) is 0 Å². The number of nitrogens with one attached hydrogen (secondary N) is 1. The van der Waals surface area contributed by atoms with Crippen molar-refractivity contribution in [2.75, 3.05) is 6.61 Å². The summed E-state index contributed by atoms with van der Waals surface area (Å²) in [5, 5.41) is 12.3. The molecule has 4 heteroatoms. The number of nitrogens with two attached hydrogens (primary N) is 1. The maximum absolute atomic E-state index is 12.0. The summed E-state index contributed by atoms with van der Waals surface area (Å²) in [6.07, 6.45) is 4.20. The number of amides is 1. The molecule has 1 rings (SSSR count). The minimum atomic E-state index is -0.497. The molecule has 0 radical (unpaired) electrons. The molecule has 4 nitrogen and oxygen atoms in total. The molecular formula is C13H26N2O2. The predicted octanol–water partition coefficient (Wildman–Crippen LogP) is 1.03. The molecule has 2 unspecified atom stereocenters. The van der Waals surface area contributed by atoms with Crippen molar-refractivity contribution in [1.82, 2.24) is 5.32 Å². The lowest BCUT2D eigenvalue weighted by atomic mass is 9.83. The Morgan fingerprint density at radius 1 is 1.41 bits per heavy atom. The number of hydrogen-bond acceptors (Lipinski definition) is 3. The summed E-state index contributed by atoms with van der Waals surface area (Å²) >= 11 is 0. The SMILES string of the molecule is CC(C)(C)[C@@H](N)C(=O)NC1CCCCC1CO. The second-order valence-corrected chi connectivity index (χ2v) is 6.19. The highest BCUT2D eigenvalue weighted by molar-refractivity contribution is 5.82. The van der Waals surface area contributed by atoms with Crippen molar-refractivity contribution in [2.24, 2.45) is 17.1 Å². The van der Waals surface area contributed by atoms with E-state index in [9.17, 15) is 9.90 Å². The maximum atomic E-state index is 12.0. The molecule has 0 saturated heterocycles. The van der Waals surface area contributed by atoms with E-state index in [2.05, 4.69) is 5.32 Å². The summed E-state index contributed by atoms with van der Waals surface area (Å²) in [6.45, 7) is 6.03. The van der Waals surface area contributed by atoms with Crippen LogP contribution in [0.25, 0.3) is 0 Å². The van der Waals surface area contributed by atoms with Crippen LogP contribution in [0.5, 0.6) is 0 Å². The molecule has 4 N–H and O–H groups in total. The zero-order valence-electron chi connectivity index (χ0n) is 11.2. The molecule has 0 aromatic heterocycles. The van der Waals surface area contributed by atoms with Crippen LogP contribution in [0.4, 0.5) is 0 Å². The van der Waals surface area contributed by atoms with E-state index in [4.69, 9.17) is 5.73 Å². The predicted molar refractivity (Wildman–Crippen MR) is 68.4 cm³/mol. The standard InChI is InChI=1S/C13H26N2O2/c1-13(2,3)11(14)12(17)15-10-7-5-4-6-9(10)8-16/h9-11,16H,4-8,14H2,1-3H3,(H,15,17)/t9?,10?,11-/m0/s1. The van der Waals surface area contributed by atoms with Gasteiger partial charge in [0.2, 0.25) is 5.91 Å². The average Bonchev–Trinajstić information content (AvgIpc) is 2.27. The van der Waals surface area contributed by atoms with Gasteiger partial charge in [-0.25, -0.2) is 0 Å². The fourth-order valence-corrected chi connectivity index (χ4v) is 2.28. The molecule has 1 amide bonds. The van der Waals surface area contributed by atoms with Crippen LogP contribution in [0.2, 0.25) is 0 Å². The van der Waals surface area contributed by atoms with E-state index in [1.54, 1.807) is 0 Å². The van der Waals surface area contributed by atoms with Crippen molar-refractivity contribution in [3.63, 3.8) is 0 Å². The molecule has 0 bridgehead atoms. The molecule has 1 fully saturated rings. The van der Waals surface area contributed by atoms with Gasteiger partial charge < -0.3 is 16.2 Å². The molecule has 1 aliphatic carbocycles. The topological polar surface area (TPSA) is 75.4 Å². The van der Waals surface area contributed by atoms with Gasteiger partial charge in [-0.05, 0) is 18.3 Å². The van der Waals surface area contributed by atoms with E-state index in [0.717, 1.165) is 25.7 Å². The molecule has 17 heavy (non-hydrogen) atoms. The molecule has 3 atom stereocenters. The van der Waals surface area contributed by atoms with Gasteiger partial charge in [-0.2, -0.15) is 0 Å². The Hall–Kier alpha value is -0.610. The third kappa shape index (κ3) is 3.96. The van der Waals surface area contributed by atoms with Crippen molar-refractivity contribution >= 4 is 5.91 Å². The monoisotopic (exact) mass is 242 g/mol. The van der Waals surface area contributed by atoms with Gasteiger partial charge in [-0.15, -0.1) is 0 Å². The van der Waals surface area contributed by atoms with Crippen LogP contribution < -0.4 is 11.1 Å². The fraction of sp³-hybridized carbons (Fsp3) is 0.923.